The van der Waals surface area contributed by atoms with Crippen molar-refractivity contribution in [3.8, 4) is 0 Å². The van der Waals surface area contributed by atoms with Gasteiger partial charge in [-0.25, -0.2) is 14.2 Å². The minimum absolute atomic E-state index is 0.0135. The van der Waals surface area contributed by atoms with E-state index < -0.39 is 11.6 Å². The molecular formula is C9H6F2N2O. The van der Waals surface area contributed by atoms with Crippen molar-refractivity contribution in [3.05, 3.63) is 35.4 Å². The molecule has 0 spiro atoms. The van der Waals surface area contributed by atoms with Gasteiger partial charge in [-0.1, -0.05) is 6.07 Å². The van der Waals surface area contributed by atoms with Crippen molar-refractivity contribution < 1.29 is 13.6 Å². The van der Waals surface area contributed by atoms with Crippen LogP contribution in [0.1, 0.15) is 12.0 Å². The predicted octanol–water partition coefficient (Wildman–Crippen LogP) is 1.19. The summed E-state index contributed by atoms with van der Waals surface area (Å²) in [6.07, 6.45) is -0.0135. The van der Waals surface area contributed by atoms with Crippen LogP contribution in [0.25, 0.3) is 0 Å². The smallest absolute Gasteiger partial charge is 0.246 e. The normalized spacial score (nSPS) is 15.3. The number of hydrazone groups is 1. The molecular weight excluding hydrogens is 190 g/mol. The number of nitrogens with zero attached hydrogens (tertiary/aromatic N) is 1. The molecule has 14 heavy (non-hydrogen) atoms. The summed E-state index contributed by atoms with van der Waals surface area (Å²) in [5.74, 6) is -2.23. The number of halogens is 2. The highest BCUT2D eigenvalue weighted by Gasteiger charge is 2.20. The lowest BCUT2D eigenvalue weighted by atomic mass is 10.1. The van der Waals surface area contributed by atoms with E-state index in [-0.39, 0.29) is 23.6 Å². The Hall–Kier alpha value is -1.78. The topological polar surface area (TPSA) is 41.5 Å². The summed E-state index contributed by atoms with van der Waals surface area (Å²) in [5, 5.41) is 3.60. The van der Waals surface area contributed by atoms with E-state index in [2.05, 4.69) is 10.5 Å². The molecule has 2 rings (SSSR count). The third-order valence-electron chi connectivity index (χ3n) is 1.91. The molecule has 1 N–H and O–H groups in total. The molecule has 0 aromatic heterocycles. The molecule has 0 saturated heterocycles. The summed E-state index contributed by atoms with van der Waals surface area (Å²) in [5.41, 5.74) is 2.43. The molecule has 1 aromatic rings. The van der Waals surface area contributed by atoms with Crippen molar-refractivity contribution in [2.45, 2.75) is 6.42 Å². The molecule has 0 aliphatic carbocycles. The van der Waals surface area contributed by atoms with Gasteiger partial charge in [-0.3, -0.25) is 4.79 Å². The fourth-order valence-corrected chi connectivity index (χ4v) is 1.24. The average molecular weight is 196 g/mol. The molecule has 1 aliphatic heterocycles. The summed E-state index contributed by atoms with van der Waals surface area (Å²) in [6.45, 7) is 0. The Morgan fingerprint density at radius 3 is 2.79 bits per heavy atom. The minimum atomic E-state index is -0.970. The Morgan fingerprint density at radius 1 is 1.36 bits per heavy atom. The fourth-order valence-electron chi connectivity index (χ4n) is 1.24. The van der Waals surface area contributed by atoms with Crippen LogP contribution in [0, 0.1) is 11.6 Å². The molecule has 1 aromatic carbocycles. The second kappa shape index (κ2) is 3.17. The van der Waals surface area contributed by atoms with Gasteiger partial charge in [0, 0.05) is 5.56 Å². The lowest BCUT2D eigenvalue weighted by Gasteiger charge is -2.00. The maximum atomic E-state index is 13.2. The van der Waals surface area contributed by atoms with E-state index >= 15 is 0 Å². The Balaban J connectivity index is 2.42. The molecule has 1 heterocycles. The minimum Gasteiger partial charge on any atom is -0.273 e. The van der Waals surface area contributed by atoms with Gasteiger partial charge in [0.25, 0.3) is 0 Å². The second-order valence-electron chi connectivity index (χ2n) is 2.87. The van der Waals surface area contributed by atoms with Crippen LogP contribution in [0.15, 0.2) is 23.3 Å². The van der Waals surface area contributed by atoms with Crippen LogP contribution in [0.2, 0.25) is 0 Å². The number of amides is 1. The SMILES string of the molecule is O=C1CC(c2cccc(F)c2F)=NN1. The van der Waals surface area contributed by atoms with E-state index in [9.17, 15) is 13.6 Å². The molecule has 0 bridgehead atoms. The number of carbonyl (C=O) groups is 1. The van der Waals surface area contributed by atoms with Crippen molar-refractivity contribution >= 4 is 11.6 Å². The Bertz CT molecular complexity index is 429. The van der Waals surface area contributed by atoms with Crippen molar-refractivity contribution in [1.82, 2.24) is 5.43 Å². The van der Waals surface area contributed by atoms with Crippen molar-refractivity contribution in [1.29, 1.82) is 0 Å². The van der Waals surface area contributed by atoms with Gasteiger partial charge in [-0.05, 0) is 12.1 Å². The van der Waals surface area contributed by atoms with Gasteiger partial charge in [0.15, 0.2) is 11.6 Å². The Morgan fingerprint density at radius 2 is 2.14 bits per heavy atom. The van der Waals surface area contributed by atoms with E-state index in [1.54, 1.807) is 0 Å². The summed E-state index contributed by atoms with van der Waals surface area (Å²) in [4.78, 5) is 10.8. The van der Waals surface area contributed by atoms with E-state index in [4.69, 9.17) is 0 Å². The number of nitrogens with one attached hydrogen (secondary N) is 1. The maximum absolute atomic E-state index is 13.2. The monoisotopic (exact) mass is 196 g/mol. The average Bonchev–Trinajstić information content (AvgIpc) is 2.57. The van der Waals surface area contributed by atoms with E-state index in [0.29, 0.717) is 0 Å². The van der Waals surface area contributed by atoms with Crippen LogP contribution in [-0.2, 0) is 4.79 Å². The van der Waals surface area contributed by atoms with Crippen molar-refractivity contribution in [3.63, 3.8) is 0 Å². The standard InChI is InChI=1S/C9H6F2N2O/c10-6-3-1-2-5(9(6)11)7-4-8(14)13-12-7/h1-3H,4H2,(H,13,14). The van der Waals surface area contributed by atoms with Gasteiger partial charge in [0.1, 0.15) is 0 Å². The van der Waals surface area contributed by atoms with E-state index in [1.165, 1.54) is 12.1 Å². The third-order valence-corrected chi connectivity index (χ3v) is 1.91. The summed E-state index contributed by atoms with van der Waals surface area (Å²) >= 11 is 0. The van der Waals surface area contributed by atoms with Gasteiger partial charge in [-0.2, -0.15) is 5.10 Å². The first-order chi connectivity index (χ1) is 6.68. The van der Waals surface area contributed by atoms with Gasteiger partial charge in [0.2, 0.25) is 5.91 Å². The number of hydrogen-bond donors (Lipinski definition) is 1. The van der Waals surface area contributed by atoms with Crippen molar-refractivity contribution in [2.75, 3.05) is 0 Å². The number of rotatable bonds is 1. The van der Waals surface area contributed by atoms with Crippen LogP contribution in [0.3, 0.4) is 0 Å². The zero-order chi connectivity index (χ0) is 10.1. The molecule has 0 radical (unpaired) electrons. The highest BCUT2D eigenvalue weighted by atomic mass is 19.2. The highest BCUT2D eigenvalue weighted by molar-refractivity contribution is 6.13. The number of hydrogen-bond acceptors (Lipinski definition) is 2. The first-order valence-corrected chi connectivity index (χ1v) is 3.98. The highest BCUT2D eigenvalue weighted by Crippen LogP contribution is 2.15. The summed E-state index contributed by atoms with van der Waals surface area (Å²) < 4.78 is 26.0. The molecule has 1 aliphatic rings. The third kappa shape index (κ3) is 1.37. The van der Waals surface area contributed by atoms with Crippen LogP contribution in [0.4, 0.5) is 8.78 Å². The Kier molecular flexibility index (Phi) is 1.99. The molecule has 0 unspecified atom stereocenters. The zero-order valence-corrected chi connectivity index (χ0v) is 7.05. The molecule has 0 saturated carbocycles. The van der Waals surface area contributed by atoms with Crippen LogP contribution < -0.4 is 5.43 Å². The lowest BCUT2D eigenvalue weighted by molar-refractivity contribution is -0.119. The van der Waals surface area contributed by atoms with Crippen molar-refractivity contribution in [2.24, 2.45) is 5.10 Å². The summed E-state index contributed by atoms with van der Waals surface area (Å²) in [6, 6.07) is 3.78. The van der Waals surface area contributed by atoms with Crippen LogP contribution >= 0.6 is 0 Å². The quantitative estimate of drug-likeness (QED) is 0.720. The lowest BCUT2D eigenvalue weighted by Crippen LogP contribution is -2.09. The molecule has 0 fully saturated rings. The van der Waals surface area contributed by atoms with Gasteiger partial charge >= 0.3 is 0 Å². The number of carbonyl (C=O) groups excluding carboxylic acids is 1. The summed E-state index contributed by atoms with van der Waals surface area (Å²) in [7, 11) is 0. The molecule has 3 nitrogen and oxygen atoms in total. The van der Waals surface area contributed by atoms with Gasteiger partial charge in [0.05, 0.1) is 12.1 Å². The van der Waals surface area contributed by atoms with E-state index in [0.717, 1.165) is 6.07 Å². The molecule has 1 amide bonds. The fraction of sp³-hybridized carbons (Fsp3) is 0.111. The van der Waals surface area contributed by atoms with Crippen LogP contribution in [0.5, 0.6) is 0 Å². The van der Waals surface area contributed by atoms with Gasteiger partial charge < -0.3 is 0 Å². The van der Waals surface area contributed by atoms with E-state index in [1.807, 2.05) is 0 Å². The molecule has 5 heteroatoms. The van der Waals surface area contributed by atoms with Gasteiger partial charge in [-0.15, -0.1) is 0 Å². The Labute approximate surface area is 78.4 Å². The predicted molar refractivity (Wildman–Crippen MR) is 45.7 cm³/mol. The first-order valence-electron chi connectivity index (χ1n) is 3.98. The zero-order valence-electron chi connectivity index (χ0n) is 7.05. The largest absolute Gasteiger partial charge is 0.273 e. The maximum Gasteiger partial charge on any atom is 0.246 e. The van der Waals surface area contributed by atoms with Crippen LogP contribution in [-0.4, -0.2) is 11.6 Å². The first kappa shape index (κ1) is 8.80. The molecule has 0 atom stereocenters. The molecule has 72 valence electrons. The second-order valence-corrected chi connectivity index (χ2v) is 2.87. The number of benzene rings is 1.